The number of benzene rings is 1. The van der Waals surface area contributed by atoms with Crippen LogP contribution in [0.15, 0.2) is 40.8 Å². The topological polar surface area (TPSA) is 60.9 Å². The Morgan fingerprint density at radius 2 is 2.21 bits per heavy atom. The monoisotopic (exact) mass is 275 g/mol. The Labute approximate surface area is 111 Å². The van der Waals surface area contributed by atoms with Gasteiger partial charge in [0.15, 0.2) is 0 Å². The summed E-state index contributed by atoms with van der Waals surface area (Å²) in [5.41, 5.74) is 6.78. The van der Waals surface area contributed by atoms with E-state index in [1.807, 2.05) is 5.38 Å². The Bertz CT molecular complexity index is 809. The maximum absolute atomic E-state index is 13.7. The van der Waals surface area contributed by atoms with Crippen LogP contribution >= 0.6 is 11.3 Å². The molecule has 19 heavy (non-hydrogen) atoms. The molecule has 0 aliphatic carbocycles. The number of hydrogen-bond donors (Lipinski definition) is 1. The molecule has 0 saturated heterocycles. The van der Waals surface area contributed by atoms with Gasteiger partial charge in [-0.1, -0.05) is 6.07 Å². The number of anilines is 1. The average molecular weight is 275 g/mol. The van der Waals surface area contributed by atoms with E-state index in [0.717, 1.165) is 0 Å². The summed E-state index contributed by atoms with van der Waals surface area (Å²) in [6, 6.07) is 6.23. The van der Waals surface area contributed by atoms with E-state index >= 15 is 0 Å². The van der Waals surface area contributed by atoms with E-state index < -0.39 is 5.82 Å². The van der Waals surface area contributed by atoms with Crippen LogP contribution < -0.4 is 11.3 Å². The number of rotatable bonds is 2. The van der Waals surface area contributed by atoms with Gasteiger partial charge in [-0.05, 0) is 23.6 Å². The quantitative estimate of drug-likeness (QED) is 0.729. The van der Waals surface area contributed by atoms with Crippen LogP contribution in [-0.4, -0.2) is 9.55 Å². The van der Waals surface area contributed by atoms with Crippen molar-refractivity contribution in [1.82, 2.24) is 9.55 Å². The second-order valence-corrected chi connectivity index (χ2v) is 5.08. The maximum atomic E-state index is 13.7. The van der Waals surface area contributed by atoms with Gasteiger partial charge in [-0.3, -0.25) is 9.36 Å². The van der Waals surface area contributed by atoms with Crippen LogP contribution in [0.1, 0.15) is 5.56 Å². The molecule has 6 heteroatoms. The maximum Gasteiger partial charge on any atom is 0.271 e. The van der Waals surface area contributed by atoms with Crippen molar-refractivity contribution in [2.75, 3.05) is 5.73 Å². The molecular formula is C13H10FN3OS. The van der Waals surface area contributed by atoms with Gasteiger partial charge in [-0.15, -0.1) is 11.3 Å². The van der Waals surface area contributed by atoms with Gasteiger partial charge >= 0.3 is 0 Å². The number of aromatic nitrogens is 2. The van der Waals surface area contributed by atoms with Gasteiger partial charge in [-0.25, -0.2) is 9.37 Å². The molecule has 0 aliphatic rings. The molecule has 0 aliphatic heterocycles. The fourth-order valence-corrected chi connectivity index (χ4v) is 2.66. The molecule has 3 rings (SSSR count). The van der Waals surface area contributed by atoms with Crippen molar-refractivity contribution in [3.05, 3.63) is 57.7 Å². The molecule has 0 spiro atoms. The number of nitrogen functional groups attached to an aromatic ring is 1. The summed E-state index contributed by atoms with van der Waals surface area (Å²) in [6.45, 7) is 0.145. The molecule has 0 atom stereocenters. The predicted molar refractivity (Wildman–Crippen MR) is 73.8 cm³/mol. The van der Waals surface area contributed by atoms with Crippen molar-refractivity contribution < 1.29 is 4.39 Å². The number of thiophene rings is 1. The van der Waals surface area contributed by atoms with Crippen molar-refractivity contribution >= 4 is 27.2 Å². The van der Waals surface area contributed by atoms with Crippen LogP contribution in [-0.2, 0) is 6.54 Å². The standard InChI is InChI=1S/C13H10FN3OS/c14-10-5-9(15)2-1-8(10)6-17-7-16-11-3-4-19-12(11)13(17)18/h1-5,7H,6,15H2. The summed E-state index contributed by atoms with van der Waals surface area (Å²) in [5.74, 6) is -0.418. The van der Waals surface area contributed by atoms with E-state index in [1.54, 1.807) is 18.2 Å². The van der Waals surface area contributed by atoms with E-state index in [2.05, 4.69) is 4.98 Å². The smallest absolute Gasteiger partial charge is 0.271 e. The minimum Gasteiger partial charge on any atom is -0.399 e. The summed E-state index contributed by atoms with van der Waals surface area (Å²) in [7, 11) is 0. The third kappa shape index (κ3) is 2.10. The van der Waals surface area contributed by atoms with Gasteiger partial charge in [0.1, 0.15) is 10.5 Å². The summed E-state index contributed by atoms with van der Waals surface area (Å²) in [4.78, 5) is 16.3. The molecule has 4 nitrogen and oxygen atoms in total. The minimum absolute atomic E-state index is 0.145. The number of nitrogens with two attached hydrogens (primary N) is 1. The Morgan fingerprint density at radius 3 is 3.00 bits per heavy atom. The van der Waals surface area contributed by atoms with Gasteiger partial charge in [0.05, 0.1) is 18.4 Å². The number of hydrogen-bond acceptors (Lipinski definition) is 4. The zero-order valence-electron chi connectivity index (χ0n) is 9.84. The van der Waals surface area contributed by atoms with Crippen molar-refractivity contribution in [3.63, 3.8) is 0 Å². The lowest BCUT2D eigenvalue weighted by Gasteiger charge is -2.07. The van der Waals surface area contributed by atoms with E-state index in [1.165, 1.54) is 28.3 Å². The van der Waals surface area contributed by atoms with E-state index in [0.29, 0.717) is 21.5 Å². The van der Waals surface area contributed by atoms with Crippen molar-refractivity contribution in [2.45, 2.75) is 6.54 Å². The molecule has 2 heterocycles. The summed E-state index contributed by atoms with van der Waals surface area (Å²) >= 11 is 1.34. The number of nitrogens with zero attached hydrogens (tertiary/aromatic N) is 2. The third-order valence-electron chi connectivity index (χ3n) is 2.85. The first kappa shape index (κ1) is 11.9. The SMILES string of the molecule is Nc1ccc(Cn2cnc3ccsc3c2=O)c(F)c1. The second-order valence-electron chi connectivity index (χ2n) is 4.16. The fourth-order valence-electron chi connectivity index (χ4n) is 1.87. The Morgan fingerprint density at radius 1 is 1.37 bits per heavy atom. The van der Waals surface area contributed by atoms with E-state index in [9.17, 15) is 9.18 Å². The Kier molecular flexibility index (Phi) is 2.79. The molecule has 0 saturated carbocycles. The largest absolute Gasteiger partial charge is 0.399 e. The summed E-state index contributed by atoms with van der Waals surface area (Å²) < 4.78 is 15.7. The van der Waals surface area contributed by atoms with Crippen LogP contribution in [0, 0.1) is 5.82 Å². The zero-order valence-corrected chi connectivity index (χ0v) is 10.7. The van der Waals surface area contributed by atoms with Crippen molar-refractivity contribution in [3.8, 4) is 0 Å². The molecule has 0 radical (unpaired) electrons. The summed E-state index contributed by atoms with van der Waals surface area (Å²) in [6.07, 6.45) is 1.44. The molecule has 2 aromatic heterocycles. The molecule has 0 fully saturated rings. The number of fused-ring (bicyclic) bond motifs is 1. The lowest BCUT2D eigenvalue weighted by atomic mass is 10.2. The second kappa shape index (κ2) is 4.47. The molecule has 0 amide bonds. The van der Waals surface area contributed by atoms with Crippen LogP contribution in [0.25, 0.3) is 10.2 Å². The van der Waals surface area contributed by atoms with E-state index in [4.69, 9.17) is 5.73 Å². The van der Waals surface area contributed by atoms with Gasteiger partial charge < -0.3 is 5.73 Å². The van der Waals surface area contributed by atoms with Gasteiger partial charge in [0.2, 0.25) is 0 Å². The highest BCUT2D eigenvalue weighted by atomic mass is 32.1. The first-order valence-electron chi connectivity index (χ1n) is 5.62. The van der Waals surface area contributed by atoms with Crippen LogP contribution in [0.5, 0.6) is 0 Å². The molecule has 1 aromatic carbocycles. The van der Waals surface area contributed by atoms with Crippen LogP contribution in [0.4, 0.5) is 10.1 Å². The molecule has 3 aromatic rings. The minimum atomic E-state index is -0.418. The Balaban J connectivity index is 2.05. The lowest BCUT2D eigenvalue weighted by Crippen LogP contribution is -2.20. The number of halogens is 1. The van der Waals surface area contributed by atoms with Gasteiger partial charge in [0.25, 0.3) is 5.56 Å². The molecular weight excluding hydrogens is 265 g/mol. The van der Waals surface area contributed by atoms with Gasteiger partial charge in [-0.2, -0.15) is 0 Å². The molecule has 0 unspecified atom stereocenters. The highest BCUT2D eigenvalue weighted by Gasteiger charge is 2.08. The highest BCUT2D eigenvalue weighted by molar-refractivity contribution is 7.17. The summed E-state index contributed by atoms with van der Waals surface area (Å²) in [5, 5.41) is 1.81. The molecule has 2 N–H and O–H groups in total. The predicted octanol–water partition coefficient (Wildman–Crippen LogP) is 2.23. The highest BCUT2D eigenvalue weighted by Crippen LogP contribution is 2.15. The first-order chi connectivity index (χ1) is 9.15. The van der Waals surface area contributed by atoms with Crippen molar-refractivity contribution in [1.29, 1.82) is 0 Å². The molecule has 96 valence electrons. The van der Waals surface area contributed by atoms with Gasteiger partial charge in [0, 0.05) is 11.3 Å². The van der Waals surface area contributed by atoms with Crippen LogP contribution in [0.2, 0.25) is 0 Å². The molecule has 0 bridgehead atoms. The third-order valence-corrected chi connectivity index (χ3v) is 3.75. The Hall–Kier alpha value is -2.21. The normalized spacial score (nSPS) is 11.0. The zero-order chi connectivity index (χ0) is 13.4. The van der Waals surface area contributed by atoms with Crippen LogP contribution in [0.3, 0.4) is 0 Å². The van der Waals surface area contributed by atoms with E-state index in [-0.39, 0.29) is 12.1 Å². The fraction of sp³-hybridized carbons (Fsp3) is 0.0769. The van der Waals surface area contributed by atoms with Crippen molar-refractivity contribution in [2.24, 2.45) is 0 Å². The lowest BCUT2D eigenvalue weighted by molar-refractivity contribution is 0.596. The average Bonchev–Trinajstić information content (AvgIpc) is 2.85. The first-order valence-corrected chi connectivity index (χ1v) is 6.49.